The highest BCUT2D eigenvalue weighted by Gasteiger charge is 2.40. The first kappa shape index (κ1) is 53.0. The summed E-state index contributed by atoms with van der Waals surface area (Å²) in [6.07, 6.45) is 40.9. The normalized spacial score (nSPS) is 16.9. The van der Waals surface area contributed by atoms with Gasteiger partial charge in [0.2, 0.25) is 0 Å². The van der Waals surface area contributed by atoms with Crippen molar-refractivity contribution in [3.63, 3.8) is 0 Å². The van der Waals surface area contributed by atoms with Crippen LogP contribution in [0.3, 0.4) is 0 Å². The van der Waals surface area contributed by atoms with Gasteiger partial charge in [-0.05, 0) is 95.6 Å². The fourth-order valence-electron chi connectivity index (χ4n) is 9.22. The summed E-state index contributed by atoms with van der Waals surface area (Å²) in [6, 6.07) is 0. The first-order valence-electron chi connectivity index (χ1n) is 25.8. The van der Waals surface area contributed by atoms with Crippen LogP contribution in [0, 0.1) is 11.8 Å². The van der Waals surface area contributed by atoms with Crippen LogP contribution in [0.5, 0.6) is 0 Å². The highest BCUT2D eigenvalue weighted by molar-refractivity contribution is 5.70. The maximum absolute atomic E-state index is 12.4. The molecule has 2 rings (SSSR count). The summed E-state index contributed by atoms with van der Waals surface area (Å²) in [5.41, 5.74) is 0. The molecule has 2 saturated heterocycles. The standard InChI is InChI=1S/C51H97NO6/c1-5-9-31-46(32-10-6-2)43-49(53)55-41-29-23-19-15-13-17-21-25-36-51(57-45-48(58-51)35-40-52-38-27-28-39-52)37-26-22-18-14-16-20-24-30-42-56-50(54)44-47(33-11-7-3)34-12-8-4/h46-48H,5-45H2,1-4H3. The average molecular weight is 820 g/mol. The minimum atomic E-state index is -0.372. The molecule has 0 N–H and O–H groups in total. The van der Waals surface area contributed by atoms with Gasteiger partial charge in [0, 0.05) is 32.2 Å². The van der Waals surface area contributed by atoms with E-state index in [2.05, 4.69) is 32.6 Å². The number of ether oxygens (including phenoxy) is 4. The van der Waals surface area contributed by atoms with Crippen LogP contribution in [0.4, 0.5) is 0 Å². The molecular weight excluding hydrogens is 723 g/mol. The minimum absolute atomic E-state index is 0.0193. The molecule has 1 unspecified atom stereocenters. The molecule has 0 spiro atoms. The van der Waals surface area contributed by atoms with Gasteiger partial charge in [0.1, 0.15) is 0 Å². The largest absolute Gasteiger partial charge is 0.466 e. The van der Waals surface area contributed by atoms with E-state index in [0.717, 1.165) is 83.8 Å². The highest BCUT2D eigenvalue weighted by Crippen LogP contribution is 2.36. The lowest BCUT2D eigenvalue weighted by atomic mass is 9.93. The molecule has 2 heterocycles. The lowest BCUT2D eigenvalue weighted by molar-refractivity contribution is -0.180. The number of hydrogen-bond acceptors (Lipinski definition) is 7. The van der Waals surface area contributed by atoms with E-state index in [-0.39, 0.29) is 23.8 Å². The summed E-state index contributed by atoms with van der Waals surface area (Å²) in [5.74, 6) is 0.679. The van der Waals surface area contributed by atoms with Gasteiger partial charge in [0.05, 0.1) is 25.9 Å². The maximum atomic E-state index is 12.4. The predicted molar refractivity (Wildman–Crippen MR) is 243 cm³/mol. The number of rotatable bonds is 41. The van der Waals surface area contributed by atoms with Crippen LogP contribution in [-0.4, -0.2) is 68.2 Å². The first-order chi connectivity index (χ1) is 28.4. The zero-order chi connectivity index (χ0) is 41.8. The van der Waals surface area contributed by atoms with E-state index < -0.39 is 0 Å². The van der Waals surface area contributed by atoms with Crippen LogP contribution in [0.1, 0.15) is 252 Å². The predicted octanol–water partition coefficient (Wildman–Crippen LogP) is 14.5. The lowest BCUT2D eigenvalue weighted by Crippen LogP contribution is -2.32. The number of carbonyl (C=O) groups is 2. The third-order valence-corrected chi connectivity index (χ3v) is 13.1. The minimum Gasteiger partial charge on any atom is -0.466 e. The van der Waals surface area contributed by atoms with Gasteiger partial charge in [0.25, 0.3) is 0 Å². The quantitative estimate of drug-likeness (QED) is 0.0449. The zero-order valence-corrected chi connectivity index (χ0v) is 39.1. The molecule has 0 aromatic carbocycles. The number of hydrogen-bond donors (Lipinski definition) is 0. The van der Waals surface area contributed by atoms with Crippen molar-refractivity contribution in [2.24, 2.45) is 11.8 Å². The molecule has 7 nitrogen and oxygen atoms in total. The van der Waals surface area contributed by atoms with Crippen molar-refractivity contribution in [2.45, 2.75) is 264 Å². The number of carbonyl (C=O) groups excluding carboxylic acids is 2. The molecule has 0 aromatic heterocycles. The molecule has 342 valence electrons. The van der Waals surface area contributed by atoms with Crippen LogP contribution in [0.2, 0.25) is 0 Å². The maximum Gasteiger partial charge on any atom is 0.306 e. The van der Waals surface area contributed by atoms with Gasteiger partial charge in [-0.25, -0.2) is 0 Å². The summed E-state index contributed by atoms with van der Waals surface area (Å²) < 4.78 is 24.6. The van der Waals surface area contributed by atoms with Crippen molar-refractivity contribution < 1.29 is 28.5 Å². The topological polar surface area (TPSA) is 74.3 Å². The SMILES string of the molecule is CCCCC(CCCC)CC(=O)OCCCCCCCCCCC1(CCCCCCCCCCOC(=O)CC(CCCC)CCCC)OCC(CCN2CCCC2)O1. The molecular formula is C51H97NO6. The van der Waals surface area contributed by atoms with Crippen LogP contribution in [0.15, 0.2) is 0 Å². The van der Waals surface area contributed by atoms with Gasteiger partial charge in [-0.2, -0.15) is 0 Å². The Morgan fingerprint density at radius 1 is 0.552 bits per heavy atom. The fraction of sp³-hybridized carbons (Fsp3) is 0.961. The molecule has 0 aliphatic carbocycles. The molecule has 0 radical (unpaired) electrons. The van der Waals surface area contributed by atoms with Crippen LogP contribution < -0.4 is 0 Å². The zero-order valence-electron chi connectivity index (χ0n) is 39.1. The molecule has 1 atom stereocenters. The van der Waals surface area contributed by atoms with E-state index in [1.807, 2.05) is 0 Å². The Morgan fingerprint density at radius 3 is 1.33 bits per heavy atom. The Kier molecular flexibility index (Phi) is 33.3. The van der Waals surface area contributed by atoms with Gasteiger partial charge < -0.3 is 23.8 Å². The van der Waals surface area contributed by atoms with Gasteiger partial charge in [-0.15, -0.1) is 0 Å². The fourth-order valence-corrected chi connectivity index (χ4v) is 9.22. The molecule has 7 heteroatoms. The summed E-state index contributed by atoms with van der Waals surface area (Å²) in [4.78, 5) is 27.4. The molecule has 58 heavy (non-hydrogen) atoms. The van der Waals surface area contributed by atoms with Crippen molar-refractivity contribution >= 4 is 11.9 Å². The molecule has 2 aliphatic rings. The van der Waals surface area contributed by atoms with E-state index in [4.69, 9.17) is 18.9 Å². The van der Waals surface area contributed by atoms with Gasteiger partial charge >= 0.3 is 11.9 Å². The summed E-state index contributed by atoms with van der Waals surface area (Å²) in [7, 11) is 0. The molecule has 0 amide bonds. The van der Waals surface area contributed by atoms with Crippen molar-refractivity contribution in [3.8, 4) is 0 Å². The summed E-state index contributed by atoms with van der Waals surface area (Å²) in [6.45, 7) is 14.5. The van der Waals surface area contributed by atoms with Crippen molar-refractivity contribution in [1.29, 1.82) is 0 Å². The second-order valence-corrected chi connectivity index (χ2v) is 18.6. The number of likely N-dealkylation sites (tertiary alicyclic amines) is 1. The second-order valence-electron chi connectivity index (χ2n) is 18.6. The molecule has 2 fully saturated rings. The average Bonchev–Trinajstić information content (AvgIpc) is 3.90. The monoisotopic (exact) mass is 820 g/mol. The number of esters is 2. The highest BCUT2D eigenvalue weighted by atomic mass is 16.7. The van der Waals surface area contributed by atoms with Crippen LogP contribution in [-0.2, 0) is 28.5 Å². The van der Waals surface area contributed by atoms with E-state index in [1.54, 1.807) is 0 Å². The Labute approximate surface area is 360 Å². The van der Waals surface area contributed by atoms with E-state index in [9.17, 15) is 9.59 Å². The van der Waals surface area contributed by atoms with Gasteiger partial charge in [-0.3, -0.25) is 9.59 Å². The molecule has 2 aliphatic heterocycles. The molecule has 0 saturated carbocycles. The Morgan fingerprint density at radius 2 is 0.931 bits per heavy atom. The molecule has 0 aromatic rings. The van der Waals surface area contributed by atoms with Crippen molar-refractivity contribution in [2.75, 3.05) is 39.5 Å². The van der Waals surface area contributed by atoms with Gasteiger partial charge in [0.15, 0.2) is 5.79 Å². The van der Waals surface area contributed by atoms with Gasteiger partial charge in [-0.1, -0.05) is 156 Å². The van der Waals surface area contributed by atoms with Crippen LogP contribution in [0.25, 0.3) is 0 Å². The third-order valence-electron chi connectivity index (χ3n) is 13.1. The smallest absolute Gasteiger partial charge is 0.306 e. The first-order valence-corrected chi connectivity index (χ1v) is 25.8. The van der Waals surface area contributed by atoms with Crippen molar-refractivity contribution in [3.05, 3.63) is 0 Å². The molecule has 0 bridgehead atoms. The third kappa shape index (κ3) is 27.6. The van der Waals surface area contributed by atoms with Crippen molar-refractivity contribution in [1.82, 2.24) is 4.90 Å². The Bertz CT molecular complexity index is 881. The number of nitrogens with zero attached hydrogens (tertiary/aromatic N) is 1. The van der Waals surface area contributed by atoms with E-state index in [1.165, 1.54) is 154 Å². The lowest BCUT2D eigenvalue weighted by Gasteiger charge is -2.29. The van der Waals surface area contributed by atoms with E-state index >= 15 is 0 Å². The van der Waals surface area contributed by atoms with E-state index in [0.29, 0.717) is 37.9 Å². The second kappa shape index (κ2) is 36.5. The van der Waals surface area contributed by atoms with Crippen LogP contribution >= 0.6 is 0 Å². The summed E-state index contributed by atoms with van der Waals surface area (Å²) >= 11 is 0. The number of unbranched alkanes of at least 4 members (excludes halogenated alkanes) is 18. The summed E-state index contributed by atoms with van der Waals surface area (Å²) in [5, 5.41) is 0. The Hall–Kier alpha value is -1.18. The Balaban J connectivity index is 1.56.